The predicted molar refractivity (Wildman–Crippen MR) is 132 cm³/mol. The van der Waals surface area contributed by atoms with Gasteiger partial charge in [0.25, 0.3) is 5.69 Å². The highest BCUT2D eigenvalue weighted by atomic mass is 16.6. The number of non-ortho nitro benzene ring substituents is 1. The molecule has 0 radical (unpaired) electrons. The SMILES string of the molecule is C/C(=N\Nc1nc(NCc2ccccc2)nc(Nc2ccccc2)n1)c1ccc([N+](=O)[O-])cc1. The third-order valence-electron chi connectivity index (χ3n) is 4.78. The van der Waals surface area contributed by atoms with E-state index >= 15 is 0 Å². The van der Waals surface area contributed by atoms with Crippen molar-refractivity contribution in [2.24, 2.45) is 5.10 Å². The third-order valence-corrected chi connectivity index (χ3v) is 4.78. The van der Waals surface area contributed by atoms with Crippen LogP contribution in [-0.2, 0) is 6.54 Å². The van der Waals surface area contributed by atoms with Crippen LogP contribution >= 0.6 is 0 Å². The Labute approximate surface area is 196 Å². The molecule has 0 spiro atoms. The molecule has 0 aliphatic rings. The van der Waals surface area contributed by atoms with Crippen molar-refractivity contribution in [2.45, 2.75) is 13.5 Å². The molecule has 0 unspecified atom stereocenters. The van der Waals surface area contributed by atoms with Crippen molar-refractivity contribution < 1.29 is 4.92 Å². The molecule has 4 rings (SSSR count). The number of hydrazone groups is 1. The lowest BCUT2D eigenvalue weighted by molar-refractivity contribution is -0.384. The van der Waals surface area contributed by atoms with E-state index < -0.39 is 4.92 Å². The van der Waals surface area contributed by atoms with E-state index in [-0.39, 0.29) is 11.6 Å². The normalized spacial score (nSPS) is 11.0. The van der Waals surface area contributed by atoms with Gasteiger partial charge < -0.3 is 10.6 Å². The van der Waals surface area contributed by atoms with Crippen LogP contribution in [0.1, 0.15) is 18.1 Å². The molecule has 0 bridgehead atoms. The fraction of sp³-hybridized carbons (Fsp3) is 0.0833. The van der Waals surface area contributed by atoms with Gasteiger partial charge in [0.05, 0.1) is 10.6 Å². The first kappa shape index (κ1) is 22.3. The fourth-order valence-corrected chi connectivity index (χ4v) is 3.01. The second-order valence-corrected chi connectivity index (χ2v) is 7.25. The number of benzene rings is 3. The molecule has 3 aromatic carbocycles. The maximum Gasteiger partial charge on any atom is 0.269 e. The van der Waals surface area contributed by atoms with E-state index in [9.17, 15) is 10.1 Å². The lowest BCUT2D eigenvalue weighted by Crippen LogP contribution is -2.10. The smallest absolute Gasteiger partial charge is 0.269 e. The summed E-state index contributed by atoms with van der Waals surface area (Å²) in [6.45, 7) is 2.33. The number of aromatic nitrogens is 3. The average molecular weight is 454 g/mol. The second kappa shape index (κ2) is 10.6. The van der Waals surface area contributed by atoms with Crippen molar-refractivity contribution in [3.63, 3.8) is 0 Å². The van der Waals surface area contributed by atoms with E-state index in [0.717, 1.165) is 16.8 Å². The molecule has 0 fully saturated rings. The van der Waals surface area contributed by atoms with E-state index in [0.29, 0.717) is 24.2 Å². The minimum absolute atomic E-state index is 0.0211. The number of rotatable bonds is 9. The van der Waals surface area contributed by atoms with Crippen LogP contribution in [0, 0.1) is 10.1 Å². The Bertz CT molecular complexity index is 1280. The highest BCUT2D eigenvalue weighted by Crippen LogP contribution is 2.17. The monoisotopic (exact) mass is 454 g/mol. The molecule has 10 heteroatoms. The number of nitrogens with one attached hydrogen (secondary N) is 3. The van der Waals surface area contributed by atoms with Crippen molar-refractivity contribution in [1.82, 2.24) is 15.0 Å². The van der Waals surface area contributed by atoms with E-state index in [1.54, 1.807) is 19.1 Å². The van der Waals surface area contributed by atoms with Gasteiger partial charge in [0.2, 0.25) is 17.8 Å². The topological polar surface area (TPSA) is 130 Å². The van der Waals surface area contributed by atoms with Gasteiger partial charge in [-0.15, -0.1) is 0 Å². The molecule has 0 saturated heterocycles. The Morgan fingerprint density at radius 3 is 2.15 bits per heavy atom. The van der Waals surface area contributed by atoms with E-state index in [4.69, 9.17) is 0 Å². The summed E-state index contributed by atoms with van der Waals surface area (Å²) in [6.07, 6.45) is 0. The van der Waals surface area contributed by atoms with Crippen molar-refractivity contribution >= 4 is 34.9 Å². The average Bonchev–Trinajstić information content (AvgIpc) is 2.87. The molecule has 1 heterocycles. The minimum atomic E-state index is -0.440. The van der Waals surface area contributed by atoms with Gasteiger partial charge in [-0.25, -0.2) is 5.43 Å². The zero-order valence-electron chi connectivity index (χ0n) is 18.3. The summed E-state index contributed by atoms with van der Waals surface area (Å²) in [5, 5.41) is 21.6. The highest BCUT2D eigenvalue weighted by Gasteiger charge is 2.09. The maximum atomic E-state index is 10.9. The summed E-state index contributed by atoms with van der Waals surface area (Å²) >= 11 is 0. The first-order valence-corrected chi connectivity index (χ1v) is 10.5. The zero-order chi connectivity index (χ0) is 23.8. The minimum Gasteiger partial charge on any atom is -0.350 e. The van der Waals surface area contributed by atoms with E-state index in [1.165, 1.54) is 12.1 Å². The maximum absolute atomic E-state index is 10.9. The Balaban J connectivity index is 1.54. The zero-order valence-corrected chi connectivity index (χ0v) is 18.3. The molecule has 0 amide bonds. The molecular formula is C24H22N8O2. The summed E-state index contributed by atoms with van der Waals surface area (Å²) in [7, 11) is 0. The van der Waals surface area contributed by atoms with Gasteiger partial charge in [0.15, 0.2) is 0 Å². The quantitative estimate of drug-likeness (QED) is 0.184. The number of nitrogens with zero attached hydrogens (tertiary/aromatic N) is 5. The van der Waals surface area contributed by atoms with Crippen LogP contribution in [0.5, 0.6) is 0 Å². The second-order valence-electron chi connectivity index (χ2n) is 7.25. The number of hydrogen-bond donors (Lipinski definition) is 3. The van der Waals surface area contributed by atoms with Crippen molar-refractivity contribution in [1.29, 1.82) is 0 Å². The van der Waals surface area contributed by atoms with Crippen LogP contribution in [0.2, 0.25) is 0 Å². The molecule has 4 aromatic rings. The number of para-hydroxylation sites is 1. The summed E-state index contributed by atoms with van der Waals surface area (Å²) < 4.78 is 0. The molecule has 1 aromatic heterocycles. The van der Waals surface area contributed by atoms with Crippen LogP contribution in [0.4, 0.5) is 29.2 Å². The molecule has 170 valence electrons. The first-order valence-electron chi connectivity index (χ1n) is 10.5. The van der Waals surface area contributed by atoms with Crippen LogP contribution in [0.15, 0.2) is 90.0 Å². The lowest BCUT2D eigenvalue weighted by atomic mass is 10.1. The number of anilines is 4. The Morgan fingerprint density at radius 1 is 0.853 bits per heavy atom. The van der Waals surface area contributed by atoms with Crippen molar-refractivity contribution in [3.8, 4) is 0 Å². The van der Waals surface area contributed by atoms with Gasteiger partial charge in [-0.05, 0) is 42.3 Å². The van der Waals surface area contributed by atoms with E-state index in [1.807, 2.05) is 60.7 Å². The van der Waals surface area contributed by atoms with Gasteiger partial charge in [0, 0.05) is 24.4 Å². The van der Waals surface area contributed by atoms with Crippen LogP contribution in [0.3, 0.4) is 0 Å². The lowest BCUT2D eigenvalue weighted by Gasteiger charge is -2.10. The van der Waals surface area contributed by atoms with Crippen LogP contribution < -0.4 is 16.1 Å². The summed E-state index contributed by atoms with van der Waals surface area (Å²) in [6, 6.07) is 25.6. The number of nitro groups is 1. The fourth-order valence-electron chi connectivity index (χ4n) is 3.01. The summed E-state index contributed by atoms with van der Waals surface area (Å²) in [5.74, 6) is 0.968. The Kier molecular flexibility index (Phi) is 6.99. The van der Waals surface area contributed by atoms with Gasteiger partial charge in [0.1, 0.15) is 0 Å². The van der Waals surface area contributed by atoms with Gasteiger partial charge in [-0.3, -0.25) is 10.1 Å². The molecule has 0 aliphatic heterocycles. The van der Waals surface area contributed by atoms with Crippen molar-refractivity contribution in [2.75, 3.05) is 16.1 Å². The van der Waals surface area contributed by atoms with Crippen LogP contribution in [0.25, 0.3) is 0 Å². The molecular weight excluding hydrogens is 432 g/mol. The summed E-state index contributed by atoms with van der Waals surface area (Å²) in [5.41, 5.74) is 6.15. The molecule has 0 atom stereocenters. The summed E-state index contributed by atoms with van der Waals surface area (Å²) in [4.78, 5) is 23.7. The highest BCUT2D eigenvalue weighted by molar-refractivity contribution is 5.99. The van der Waals surface area contributed by atoms with Crippen molar-refractivity contribution in [3.05, 3.63) is 106 Å². The Morgan fingerprint density at radius 2 is 1.47 bits per heavy atom. The molecule has 0 aliphatic carbocycles. The molecule has 0 saturated carbocycles. The first-order chi connectivity index (χ1) is 16.6. The molecule has 3 N–H and O–H groups in total. The Hall–Kier alpha value is -4.86. The van der Waals surface area contributed by atoms with E-state index in [2.05, 4.69) is 36.1 Å². The number of hydrogen-bond acceptors (Lipinski definition) is 9. The third kappa shape index (κ3) is 6.10. The predicted octanol–water partition coefficient (Wildman–Crippen LogP) is 4.97. The van der Waals surface area contributed by atoms with Crippen LogP contribution in [-0.4, -0.2) is 25.6 Å². The van der Waals surface area contributed by atoms with Gasteiger partial charge in [-0.2, -0.15) is 20.1 Å². The molecule has 10 nitrogen and oxygen atoms in total. The van der Waals surface area contributed by atoms with Gasteiger partial charge >= 0.3 is 0 Å². The largest absolute Gasteiger partial charge is 0.350 e. The number of nitro benzene ring substituents is 1. The van der Waals surface area contributed by atoms with Gasteiger partial charge in [-0.1, -0.05) is 48.5 Å². The standard InChI is InChI=1S/C24H22N8O2/c1-17(19-12-14-21(15-13-19)32(33)34)30-31-24-28-22(25-16-18-8-4-2-5-9-18)27-23(29-24)26-20-10-6-3-7-11-20/h2-15H,16H2,1H3,(H3,25,26,27,28,29,31)/b30-17+. The molecule has 34 heavy (non-hydrogen) atoms.